The van der Waals surface area contributed by atoms with Gasteiger partial charge in [0.25, 0.3) is 0 Å². The number of rotatable bonds is 7. The lowest BCUT2D eigenvalue weighted by Gasteiger charge is -2.11. The molecule has 2 rings (SSSR count). The first-order valence-corrected chi connectivity index (χ1v) is 8.17. The van der Waals surface area contributed by atoms with Gasteiger partial charge in [-0.25, -0.2) is 0 Å². The molecule has 0 spiro atoms. The molecule has 0 aliphatic carbocycles. The van der Waals surface area contributed by atoms with E-state index in [1.807, 2.05) is 48.5 Å². The first-order chi connectivity index (χ1) is 11.1. The molecule has 3 nitrogen and oxygen atoms in total. The lowest BCUT2D eigenvalue weighted by atomic mass is 10.1. The van der Waals surface area contributed by atoms with Gasteiger partial charge in [-0.2, -0.15) is 0 Å². The highest BCUT2D eigenvalue weighted by Gasteiger charge is 2.03. The van der Waals surface area contributed by atoms with Gasteiger partial charge in [0.05, 0.1) is 13.7 Å². The van der Waals surface area contributed by atoms with Crippen LogP contribution in [0.1, 0.15) is 25.8 Å². The molecule has 23 heavy (non-hydrogen) atoms. The molecule has 0 radical (unpaired) electrons. The molecule has 0 aliphatic rings. The Labute approximate surface area is 143 Å². The van der Waals surface area contributed by atoms with Crippen molar-refractivity contribution in [2.75, 3.05) is 19.0 Å². The van der Waals surface area contributed by atoms with Crippen LogP contribution in [-0.4, -0.2) is 18.7 Å². The summed E-state index contributed by atoms with van der Waals surface area (Å²) >= 11 is 5.43. The van der Waals surface area contributed by atoms with Gasteiger partial charge in [0.15, 0.2) is 0 Å². The number of ether oxygens (including phenoxy) is 2. The molecule has 1 N–H and O–H groups in total. The smallest absolute Gasteiger partial charge is 0.119 e. The van der Waals surface area contributed by atoms with E-state index >= 15 is 0 Å². The zero-order valence-corrected chi connectivity index (χ0v) is 14.7. The molecule has 2 aromatic carbocycles. The molecular formula is C19H23NO2S. The Balaban J connectivity index is 1.90. The van der Waals surface area contributed by atoms with Crippen molar-refractivity contribution in [2.45, 2.75) is 20.3 Å². The van der Waals surface area contributed by atoms with Crippen molar-refractivity contribution in [3.63, 3.8) is 0 Å². The Morgan fingerprint density at radius 3 is 2.17 bits per heavy atom. The van der Waals surface area contributed by atoms with Crippen LogP contribution in [0.15, 0.2) is 48.5 Å². The largest absolute Gasteiger partial charge is 0.497 e. The summed E-state index contributed by atoms with van der Waals surface area (Å²) in [5.74, 6) is 2.35. The van der Waals surface area contributed by atoms with Crippen molar-refractivity contribution in [2.24, 2.45) is 5.92 Å². The lowest BCUT2D eigenvalue weighted by Crippen LogP contribution is -2.10. The van der Waals surface area contributed by atoms with E-state index in [0.717, 1.165) is 35.8 Å². The minimum atomic E-state index is 0.651. The monoisotopic (exact) mass is 329 g/mol. The third kappa shape index (κ3) is 5.57. The SMILES string of the molecule is COc1ccc(C(=S)Nc2ccc(OCCC(C)C)cc2)cc1. The highest BCUT2D eigenvalue weighted by atomic mass is 32.1. The summed E-state index contributed by atoms with van der Waals surface area (Å²) in [7, 11) is 1.65. The van der Waals surface area contributed by atoms with Crippen molar-refractivity contribution in [1.29, 1.82) is 0 Å². The standard InChI is InChI=1S/C19H23NO2S/c1-14(2)12-13-22-18-10-6-16(7-11-18)20-19(23)15-4-8-17(21-3)9-5-15/h4-11,14H,12-13H2,1-3H3,(H,20,23). The Kier molecular flexibility index (Phi) is 6.41. The molecule has 0 fully saturated rings. The molecule has 0 saturated heterocycles. The van der Waals surface area contributed by atoms with Crippen LogP contribution in [0.5, 0.6) is 11.5 Å². The van der Waals surface area contributed by atoms with Gasteiger partial charge in [0.2, 0.25) is 0 Å². The van der Waals surface area contributed by atoms with Crippen LogP contribution in [0.2, 0.25) is 0 Å². The van der Waals surface area contributed by atoms with Crippen molar-refractivity contribution >= 4 is 22.9 Å². The highest BCUT2D eigenvalue weighted by Crippen LogP contribution is 2.18. The van der Waals surface area contributed by atoms with E-state index in [2.05, 4.69) is 19.2 Å². The number of nitrogens with one attached hydrogen (secondary N) is 1. The fourth-order valence-electron chi connectivity index (χ4n) is 1.99. The molecule has 0 aromatic heterocycles. The second kappa shape index (κ2) is 8.53. The Morgan fingerprint density at radius 2 is 1.61 bits per heavy atom. The Morgan fingerprint density at radius 1 is 1.00 bits per heavy atom. The molecule has 0 amide bonds. The van der Waals surface area contributed by atoms with Crippen LogP contribution in [-0.2, 0) is 0 Å². The van der Waals surface area contributed by atoms with E-state index in [1.165, 1.54) is 0 Å². The number of anilines is 1. The van der Waals surface area contributed by atoms with Crippen LogP contribution < -0.4 is 14.8 Å². The minimum absolute atomic E-state index is 0.651. The predicted molar refractivity (Wildman–Crippen MR) is 99.7 cm³/mol. The van der Waals surface area contributed by atoms with Crippen LogP contribution in [0.4, 0.5) is 5.69 Å². The Bertz CT molecular complexity index is 621. The summed E-state index contributed by atoms with van der Waals surface area (Å²) in [6.07, 6.45) is 1.06. The zero-order valence-electron chi connectivity index (χ0n) is 13.8. The zero-order chi connectivity index (χ0) is 16.7. The molecule has 0 heterocycles. The van der Waals surface area contributed by atoms with Crippen LogP contribution in [0.25, 0.3) is 0 Å². The lowest BCUT2D eigenvalue weighted by molar-refractivity contribution is 0.289. The van der Waals surface area contributed by atoms with Crippen LogP contribution in [0.3, 0.4) is 0 Å². The van der Waals surface area contributed by atoms with E-state index in [-0.39, 0.29) is 0 Å². The fourth-order valence-corrected chi connectivity index (χ4v) is 2.25. The summed E-state index contributed by atoms with van der Waals surface area (Å²) in [5, 5.41) is 3.23. The molecule has 122 valence electrons. The van der Waals surface area contributed by atoms with Crippen LogP contribution in [0, 0.1) is 5.92 Å². The van der Waals surface area contributed by atoms with Gasteiger partial charge >= 0.3 is 0 Å². The Hall–Kier alpha value is -2.07. The number of hydrogen-bond acceptors (Lipinski definition) is 3. The van der Waals surface area contributed by atoms with E-state index in [0.29, 0.717) is 10.9 Å². The van der Waals surface area contributed by atoms with E-state index in [1.54, 1.807) is 7.11 Å². The summed E-state index contributed by atoms with van der Waals surface area (Å²) in [6.45, 7) is 5.13. The van der Waals surface area contributed by atoms with Crippen molar-refractivity contribution in [1.82, 2.24) is 0 Å². The van der Waals surface area contributed by atoms with E-state index in [9.17, 15) is 0 Å². The predicted octanol–water partition coefficient (Wildman–Crippen LogP) is 4.91. The molecule has 0 atom stereocenters. The second-order valence-electron chi connectivity index (χ2n) is 5.74. The van der Waals surface area contributed by atoms with Gasteiger partial charge in [-0.05, 0) is 60.9 Å². The average Bonchev–Trinajstić information content (AvgIpc) is 2.56. The van der Waals surface area contributed by atoms with Gasteiger partial charge < -0.3 is 14.8 Å². The first kappa shape index (κ1) is 17.3. The molecule has 0 unspecified atom stereocenters. The third-order valence-corrected chi connectivity index (χ3v) is 3.77. The van der Waals surface area contributed by atoms with Crippen molar-refractivity contribution < 1.29 is 9.47 Å². The summed E-state index contributed by atoms with van der Waals surface area (Å²) < 4.78 is 10.9. The van der Waals surface area contributed by atoms with E-state index < -0.39 is 0 Å². The second-order valence-corrected chi connectivity index (χ2v) is 6.15. The molecule has 4 heteroatoms. The summed E-state index contributed by atoms with van der Waals surface area (Å²) in [5.41, 5.74) is 1.90. The normalized spacial score (nSPS) is 10.4. The maximum absolute atomic E-state index is 5.71. The van der Waals surface area contributed by atoms with Crippen molar-refractivity contribution in [3.05, 3.63) is 54.1 Å². The van der Waals surface area contributed by atoms with Crippen LogP contribution >= 0.6 is 12.2 Å². The quantitative estimate of drug-likeness (QED) is 0.731. The average molecular weight is 329 g/mol. The van der Waals surface area contributed by atoms with Crippen molar-refractivity contribution in [3.8, 4) is 11.5 Å². The van der Waals surface area contributed by atoms with Gasteiger partial charge in [-0.3, -0.25) is 0 Å². The molecule has 0 aliphatic heterocycles. The summed E-state index contributed by atoms with van der Waals surface area (Å²) in [6, 6.07) is 15.5. The highest BCUT2D eigenvalue weighted by molar-refractivity contribution is 7.81. The molecule has 0 saturated carbocycles. The maximum atomic E-state index is 5.71. The third-order valence-electron chi connectivity index (χ3n) is 3.43. The van der Waals surface area contributed by atoms with Gasteiger partial charge in [-0.1, -0.05) is 26.1 Å². The minimum Gasteiger partial charge on any atom is -0.497 e. The number of hydrogen-bond donors (Lipinski definition) is 1. The molecule has 0 bridgehead atoms. The molecule has 2 aromatic rings. The van der Waals surface area contributed by atoms with Gasteiger partial charge in [0, 0.05) is 11.3 Å². The number of thiocarbonyl (C=S) groups is 1. The number of methoxy groups -OCH3 is 1. The topological polar surface area (TPSA) is 30.5 Å². The number of benzene rings is 2. The molecular weight excluding hydrogens is 306 g/mol. The summed E-state index contributed by atoms with van der Waals surface area (Å²) in [4.78, 5) is 0.682. The van der Waals surface area contributed by atoms with Gasteiger partial charge in [0.1, 0.15) is 16.5 Å². The first-order valence-electron chi connectivity index (χ1n) is 7.76. The maximum Gasteiger partial charge on any atom is 0.119 e. The van der Waals surface area contributed by atoms with Gasteiger partial charge in [-0.15, -0.1) is 0 Å². The fraction of sp³-hybridized carbons (Fsp3) is 0.316. The van der Waals surface area contributed by atoms with E-state index in [4.69, 9.17) is 21.7 Å².